The van der Waals surface area contributed by atoms with Gasteiger partial charge < -0.3 is 4.79 Å². The molecule has 0 aliphatic heterocycles. The van der Waals surface area contributed by atoms with E-state index in [0.29, 0.717) is 24.0 Å². The van der Waals surface area contributed by atoms with Gasteiger partial charge in [0.1, 0.15) is 12.1 Å². The minimum absolute atomic E-state index is 0.181. The number of aldehydes is 1. The molecule has 4 atom stereocenters. The summed E-state index contributed by atoms with van der Waals surface area (Å²) in [6, 6.07) is 0. The molecule has 3 aliphatic rings. The average molecular weight is 331 g/mol. The van der Waals surface area contributed by atoms with Gasteiger partial charge in [-0.05, 0) is 67.6 Å². The summed E-state index contributed by atoms with van der Waals surface area (Å²) in [4.78, 5) is 23.2. The van der Waals surface area contributed by atoms with Gasteiger partial charge in [0.25, 0.3) is 0 Å². The van der Waals surface area contributed by atoms with Gasteiger partial charge in [-0.15, -0.1) is 0 Å². The lowest BCUT2D eigenvalue weighted by atomic mass is 9.42. The molecule has 0 N–H and O–H groups in total. The van der Waals surface area contributed by atoms with Gasteiger partial charge in [0, 0.05) is 18.3 Å². The topological polar surface area (TPSA) is 34.1 Å². The van der Waals surface area contributed by atoms with Gasteiger partial charge in [0.05, 0.1) is 0 Å². The van der Waals surface area contributed by atoms with Crippen molar-refractivity contribution in [2.45, 2.75) is 85.5 Å². The first-order chi connectivity index (χ1) is 11.3. The standard InChI is InChI=1S/C22H34O2/c1-20(2)17-11-13-21(3)16(8-5-6-15-23)9-7-10-18(21)22(17,4)14-12-19(20)24/h10,15-17H,5-9,11-14H2,1-4H3/t16?,17-,21?,22-/m0/s1. The van der Waals surface area contributed by atoms with E-state index in [2.05, 4.69) is 33.8 Å². The zero-order valence-corrected chi connectivity index (χ0v) is 16.0. The molecule has 0 radical (unpaired) electrons. The molecular weight excluding hydrogens is 296 g/mol. The molecule has 0 saturated heterocycles. The fraction of sp³-hybridized carbons (Fsp3) is 0.818. The van der Waals surface area contributed by atoms with Gasteiger partial charge in [0.15, 0.2) is 0 Å². The van der Waals surface area contributed by atoms with Gasteiger partial charge >= 0.3 is 0 Å². The van der Waals surface area contributed by atoms with E-state index in [9.17, 15) is 9.59 Å². The SMILES string of the molecule is CC12CC[C@H]3C(C)(C)C(=O)CC[C@]3(C)C1=CCCC2CCCC=O. The summed E-state index contributed by atoms with van der Waals surface area (Å²) in [5, 5.41) is 0. The molecule has 0 bridgehead atoms. The van der Waals surface area contributed by atoms with Crippen molar-refractivity contribution in [1.82, 2.24) is 0 Å². The summed E-state index contributed by atoms with van der Waals surface area (Å²) >= 11 is 0. The van der Waals surface area contributed by atoms with Crippen LogP contribution in [-0.4, -0.2) is 12.1 Å². The molecule has 0 spiro atoms. The van der Waals surface area contributed by atoms with Gasteiger partial charge in [-0.3, -0.25) is 4.79 Å². The lowest BCUT2D eigenvalue weighted by Crippen LogP contribution is -2.55. The van der Waals surface area contributed by atoms with E-state index in [-0.39, 0.29) is 16.2 Å². The van der Waals surface area contributed by atoms with E-state index in [4.69, 9.17) is 0 Å². The van der Waals surface area contributed by atoms with Crippen molar-refractivity contribution in [3.8, 4) is 0 Å². The van der Waals surface area contributed by atoms with Crippen LogP contribution in [0, 0.1) is 28.1 Å². The molecular formula is C22H34O2. The summed E-state index contributed by atoms with van der Waals surface area (Å²) in [5.41, 5.74) is 1.95. The molecule has 3 aliphatic carbocycles. The lowest BCUT2D eigenvalue weighted by molar-refractivity contribution is -0.142. The number of allylic oxidation sites excluding steroid dienone is 2. The van der Waals surface area contributed by atoms with E-state index in [1.165, 1.54) is 32.1 Å². The summed E-state index contributed by atoms with van der Waals surface area (Å²) in [6.45, 7) is 9.30. The van der Waals surface area contributed by atoms with E-state index < -0.39 is 0 Å². The third kappa shape index (κ3) is 2.52. The van der Waals surface area contributed by atoms with E-state index in [1.54, 1.807) is 5.57 Å². The summed E-state index contributed by atoms with van der Waals surface area (Å²) < 4.78 is 0. The summed E-state index contributed by atoms with van der Waals surface area (Å²) in [6.07, 6.45) is 13.1. The molecule has 0 amide bonds. The van der Waals surface area contributed by atoms with Crippen LogP contribution < -0.4 is 0 Å². The molecule has 3 rings (SSSR count). The van der Waals surface area contributed by atoms with Gasteiger partial charge in [0.2, 0.25) is 0 Å². The molecule has 0 aromatic heterocycles. The fourth-order valence-electron chi connectivity index (χ4n) is 6.64. The number of fused-ring (bicyclic) bond motifs is 3. The highest BCUT2D eigenvalue weighted by molar-refractivity contribution is 5.85. The Morgan fingerprint density at radius 2 is 1.88 bits per heavy atom. The number of hydrogen-bond acceptors (Lipinski definition) is 2. The quantitative estimate of drug-likeness (QED) is 0.387. The molecule has 2 unspecified atom stereocenters. The zero-order chi connectivity index (χ0) is 17.6. The molecule has 2 heteroatoms. The van der Waals surface area contributed by atoms with Crippen molar-refractivity contribution >= 4 is 12.1 Å². The minimum Gasteiger partial charge on any atom is -0.303 e. The maximum atomic E-state index is 12.5. The second-order valence-corrected chi connectivity index (χ2v) is 9.56. The Morgan fingerprint density at radius 3 is 2.58 bits per heavy atom. The number of hydrogen-bond donors (Lipinski definition) is 0. The Morgan fingerprint density at radius 1 is 1.12 bits per heavy atom. The Balaban J connectivity index is 1.92. The van der Waals surface area contributed by atoms with Crippen molar-refractivity contribution in [3.63, 3.8) is 0 Å². The van der Waals surface area contributed by atoms with Crippen molar-refractivity contribution < 1.29 is 9.59 Å². The fourth-order valence-corrected chi connectivity index (χ4v) is 6.64. The number of Topliss-reactive ketones (excluding diaryl/α,β-unsaturated/α-hetero) is 1. The highest BCUT2D eigenvalue weighted by atomic mass is 16.1. The molecule has 2 nitrogen and oxygen atoms in total. The maximum Gasteiger partial charge on any atom is 0.138 e. The van der Waals surface area contributed by atoms with Crippen molar-refractivity contribution in [2.75, 3.05) is 0 Å². The van der Waals surface area contributed by atoms with Crippen molar-refractivity contribution in [2.24, 2.45) is 28.1 Å². The van der Waals surface area contributed by atoms with E-state index >= 15 is 0 Å². The van der Waals surface area contributed by atoms with Crippen LogP contribution in [0.4, 0.5) is 0 Å². The molecule has 0 aromatic rings. The predicted molar refractivity (Wildman–Crippen MR) is 97.7 cm³/mol. The number of carbonyl (C=O) groups excluding carboxylic acids is 2. The van der Waals surface area contributed by atoms with Crippen LogP contribution in [0.5, 0.6) is 0 Å². The molecule has 0 heterocycles. The molecule has 2 saturated carbocycles. The maximum absolute atomic E-state index is 12.5. The van der Waals surface area contributed by atoms with Crippen molar-refractivity contribution in [3.05, 3.63) is 11.6 Å². The number of unbranched alkanes of at least 4 members (excludes halogenated alkanes) is 1. The van der Waals surface area contributed by atoms with Gasteiger partial charge in [-0.1, -0.05) is 39.3 Å². The second kappa shape index (κ2) is 6.11. The first-order valence-electron chi connectivity index (χ1n) is 9.95. The first-order valence-corrected chi connectivity index (χ1v) is 9.95. The van der Waals surface area contributed by atoms with Crippen LogP contribution in [0.15, 0.2) is 11.6 Å². The monoisotopic (exact) mass is 330 g/mol. The Bertz CT molecular complexity index is 558. The highest BCUT2D eigenvalue weighted by Gasteiger charge is 2.59. The first kappa shape index (κ1) is 17.9. The van der Waals surface area contributed by atoms with Gasteiger partial charge in [-0.25, -0.2) is 0 Å². The van der Waals surface area contributed by atoms with Crippen LogP contribution in [0.1, 0.15) is 85.5 Å². The number of ketones is 1. The Labute approximate surface area is 147 Å². The molecule has 24 heavy (non-hydrogen) atoms. The summed E-state index contributed by atoms with van der Waals surface area (Å²) in [7, 11) is 0. The van der Waals surface area contributed by atoms with E-state index in [0.717, 1.165) is 25.5 Å². The molecule has 0 aromatic carbocycles. The lowest BCUT2D eigenvalue weighted by Gasteiger charge is -2.61. The van der Waals surface area contributed by atoms with Crippen LogP contribution in [0.3, 0.4) is 0 Å². The second-order valence-electron chi connectivity index (χ2n) is 9.56. The average Bonchev–Trinajstić information content (AvgIpc) is 2.52. The number of rotatable bonds is 4. The van der Waals surface area contributed by atoms with Crippen LogP contribution in [0.2, 0.25) is 0 Å². The molecule has 2 fully saturated rings. The zero-order valence-electron chi connectivity index (χ0n) is 16.0. The molecule has 134 valence electrons. The Kier molecular flexibility index (Phi) is 4.55. The third-order valence-electron chi connectivity index (χ3n) is 8.05. The minimum atomic E-state index is -0.181. The van der Waals surface area contributed by atoms with Crippen molar-refractivity contribution in [1.29, 1.82) is 0 Å². The van der Waals surface area contributed by atoms with Gasteiger partial charge in [-0.2, -0.15) is 0 Å². The predicted octanol–water partition coefficient (Wildman–Crippen LogP) is 5.50. The van der Waals surface area contributed by atoms with Crippen LogP contribution >= 0.6 is 0 Å². The third-order valence-corrected chi connectivity index (χ3v) is 8.05. The van der Waals surface area contributed by atoms with Crippen LogP contribution in [0.25, 0.3) is 0 Å². The Hall–Kier alpha value is -0.920. The summed E-state index contributed by atoms with van der Waals surface area (Å²) in [5.74, 6) is 1.66. The largest absolute Gasteiger partial charge is 0.303 e. The number of carbonyl (C=O) groups is 2. The van der Waals surface area contributed by atoms with E-state index in [1.807, 2.05) is 0 Å². The smallest absolute Gasteiger partial charge is 0.138 e. The highest BCUT2D eigenvalue weighted by Crippen LogP contribution is 2.66. The normalized spacial score (nSPS) is 41.2. The van der Waals surface area contributed by atoms with Crippen LogP contribution in [-0.2, 0) is 9.59 Å².